The van der Waals surface area contributed by atoms with Crippen molar-refractivity contribution in [3.05, 3.63) is 28.8 Å². The number of aromatic hydroxyl groups is 1. The number of hydrogen-bond acceptors (Lipinski definition) is 4. The summed E-state index contributed by atoms with van der Waals surface area (Å²) in [6, 6.07) is 4.55. The summed E-state index contributed by atoms with van der Waals surface area (Å²) in [5.41, 5.74) is 3.68. The summed E-state index contributed by atoms with van der Waals surface area (Å²) in [4.78, 5) is 0. The summed E-state index contributed by atoms with van der Waals surface area (Å²) in [6.45, 7) is 18.5. The first-order chi connectivity index (χ1) is 15.8. The van der Waals surface area contributed by atoms with E-state index in [0.29, 0.717) is 29.5 Å². The molecular weight excluding hydrogens is 420 g/mol. The second-order valence-corrected chi connectivity index (χ2v) is 14.0. The lowest BCUT2D eigenvalue weighted by Crippen LogP contribution is -2.69. The van der Waals surface area contributed by atoms with Crippen molar-refractivity contribution in [2.45, 2.75) is 105 Å². The van der Waals surface area contributed by atoms with Crippen LogP contribution in [-0.2, 0) is 6.54 Å². The summed E-state index contributed by atoms with van der Waals surface area (Å²) in [6.07, 6.45) is 6.05. The van der Waals surface area contributed by atoms with Crippen LogP contribution in [0, 0.1) is 40.9 Å². The molecule has 7 atom stereocenters. The number of benzene rings is 1. The quantitative estimate of drug-likeness (QED) is 0.399. The number of nitrogens with one attached hydrogen (secondary N) is 2. The summed E-state index contributed by atoms with van der Waals surface area (Å²) in [7, 11) is 0. The Morgan fingerprint density at radius 2 is 1.71 bits per heavy atom. The first kappa shape index (κ1) is 24.6. The van der Waals surface area contributed by atoms with Gasteiger partial charge in [-0.15, -0.1) is 0 Å². The van der Waals surface area contributed by atoms with E-state index in [4.69, 9.17) is 0 Å². The largest absolute Gasteiger partial charge is 0.507 e. The van der Waals surface area contributed by atoms with Gasteiger partial charge in [-0.05, 0) is 91.4 Å². The zero-order valence-electron chi connectivity index (χ0n) is 22.6. The van der Waals surface area contributed by atoms with Gasteiger partial charge in [0.1, 0.15) is 5.75 Å². The van der Waals surface area contributed by atoms with Crippen molar-refractivity contribution in [2.75, 3.05) is 13.1 Å². The number of fused-ring (bicyclic) bond motifs is 4. The van der Waals surface area contributed by atoms with E-state index in [-0.39, 0.29) is 16.9 Å². The molecule has 0 unspecified atom stereocenters. The van der Waals surface area contributed by atoms with Crippen LogP contribution in [0.15, 0.2) is 12.1 Å². The van der Waals surface area contributed by atoms with Gasteiger partial charge in [-0.25, -0.2) is 0 Å². The van der Waals surface area contributed by atoms with Crippen LogP contribution < -0.4 is 10.6 Å². The third-order valence-electron chi connectivity index (χ3n) is 11.9. The molecule has 4 nitrogen and oxygen atoms in total. The molecule has 5 aliphatic carbocycles. The molecule has 5 fully saturated rings. The summed E-state index contributed by atoms with van der Waals surface area (Å²) < 4.78 is 0. The van der Waals surface area contributed by atoms with Crippen LogP contribution in [0.4, 0.5) is 0 Å². The fraction of sp³-hybridized carbons (Fsp3) is 0.800. The maximum atomic E-state index is 11.3. The second-order valence-electron chi connectivity index (χ2n) is 14.0. The van der Waals surface area contributed by atoms with Crippen molar-refractivity contribution >= 4 is 0 Å². The predicted octanol–water partition coefficient (Wildman–Crippen LogP) is 5.50. The maximum Gasteiger partial charge on any atom is 0.123 e. The van der Waals surface area contributed by atoms with E-state index in [9.17, 15) is 10.2 Å². The highest BCUT2D eigenvalue weighted by Gasteiger charge is 2.63. The van der Waals surface area contributed by atoms with Crippen molar-refractivity contribution in [2.24, 2.45) is 34.0 Å². The Balaban J connectivity index is 1.19. The van der Waals surface area contributed by atoms with Gasteiger partial charge in [0, 0.05) is 31.2 Å². The Morgan fingerprint density at radius 1 is 0.971 bits per heavy atom. The number of phenols is 1. The molecule has 0 radical (unpaired) electrons. The predicted molar refractivity (Wildman–Crippen MR) is 139 cm³/mol. The summed E-state index contributed by atoms with van der Waals surface area (Å²) >= 11 is 0. The minimum absolute atomic E-state index is 0.173. The van der Waals surface area contributed by atoms with E-state index in [0.717, 1.165) is 36.9 Å². The van der Waals surface area contributed by atoms with Crippen molar-refractivity contribution in [3.63, 3.8) is 0 Å². The van der Waals surface area contributed by atoms with Crippen LogP contribution >= 0.6 is 0 Å². The normalized spacial score (nSPS) is 41.5. The van der Waals surface area contributed by atoms with Gasteiger partial charge < -0.3 is 20.8 Å². The zero-order chi connectivity index (χ0) is 24.7. The summed E-state index contributed by atoms with van der Waals surface area (Å²) in [5, 5.41) is 29.7. The van der Waals surface area contributed by atoms with Gasteiger partial charge in [-0.3, -0.25) is 0 Å². The number of aryl methyl sites for hydroxylation is 1. The Bertz CT molecular complexity index is 951. The molecular formula is C30H48N2O2. The first-order valence-corrected chi connectivity index (χ1v) is 13.8. The van der Waals surface area contributed by atoms with E-state index in [1.165, 1.54) is 36.8 Å². The lowest BCUT2D eigenvalue weighted by molar-refractivity contribution is -0.209. The highest BCUT2D eigenvalue weighted by Crippen LogP contribution is 2.71. The molecule has 0 saturated heterocycles. The fourth-order valence-electron chi connectivity index (χ4n) is 8.98. The Kier molecular flexibility index (Phi) is 5.75. The molecule has 4 heteroatoms. The Morgan fingerprint density at radius 3 is 2.29 bits per heavy atom. The van der Waals surface area contributed by atoms with Gasteiger partial charge in [0.2, 0.25) is 0 Å². The van der Waals surface area contributed by atoms with Gasteiger partial charge in [0.15, 0.2) is 0 Å². The molecule has 34 heavy (non-hydrogen) atoms. The third kappa shape index (κ3) is 3.42. The van der Waals surface area contributed by atoms with Crippen LogP contribution in [-0.4, -0.2) is 34.9 Å². The van der Waals surface area contributed by atoms with Gasteiger partial charge >= 0.3 is 0 Å². The van der Waals surface area contributed by atoms with Crippen molar-refractivity contribution in [3.8, 4) is 5.75 Å². The Labute approximate surface area is 207 Å². The highest BCUT2D eigenvalue weighted by molar-refractivity contribution is 5.47. The van der Waals surface area contributed by atoms with Gasteiger partial charge in [0.05, 0.1) is 5.60 Å². The minimum atomic E-state index is -0.632. The molecule has 0 spiro atoms. The molecule has 6 rings (SSSR count). The van der Waals surface area contributed by atoms with E-state index in [1.54, 1.807) is 0 Å². The van der Waals surface area contributed by atoms with E-state index < -0.39 is 5.60 Å². The summed E-state index contributed by atoms with van der Waals surface area (Å²) in [5.74, 6) is 2.85. The van der Waals surface area contributed by atoms with Crippen molar-refractivity contribution in [1.82, 2.24) is 10.6 Å². The topological polar surface area (TPSA) is 64.5 Å². The Hall–Kier alpha value is -1.10. The molecule has 4 bridgehead atoms. The lowest BCUT2D eigenvalue weighted by Gasteiger charge is -2.65. The van der Waals surface area contributed by atoms with E-state index >= 15 is 0 Å². The molecule has 5 saturated carbocycles. The number of phenolic OH excluding ortho intramolecular Hbond substituents is 1. The highest BCUT2D eigenvalue weighted by atomic mass is 16.3. The SMILES string of the molecule is Cc1cc(CNCCN[C@@H]2C[C@H]3C[C@H](C3(C)C)[C@@]2(C)O)c(O)c([C@H]2C[C@@H]3CC[C@@]2(C)C3(C)C)c1. The first-order valence-electron chi connectivity index (χ1n) is 13.8. The molecule has 0 heterocycles. The number of rotatable bonds is 7. The van der Waals surface area contributed by atoms with Crippen LogP contribution in [0.3, 0.4) is 0 Å². The number of aliphatic hydroxyl groups is 1. The zero-order valence-corrected chi connectivity index (χ0v) is 22.6. The van der Waals surface area contributed by atoms with Gasteiger partial charge in [-0.2, -0.15) is 0 Å². The minimum Gasteiger partial charge on any atom is -0.507 e. The lowest BCUT2D eigenvalue weighted by atomic mass is 9.43. The van der Waals surface area contributed by atoms with Crippen molar-refractivity contribution < 1.29 is 10.2 Å². The molecule has 0 aromatic heterocycles. The average molecular weight is 469 g/mol. The van der Waals surface area contributed by atoms with Crippen LogP contribution in [0.1, 0.15) is 96.3 Å². The second kappa shape index (κ2) is 7.95. The van der Waals surface area contributed by atoms with Gasteiger partial charge in [0.25, 0.3) is 0 Å². The van der Waals surface area contributed by atoms with Crippen LogP contribution in [0.25, 0.3) is 0 Å². The standard InChI is InChI=1S/C30H48N2O2/c1-18-12-19(26(33)22(13-18)23-14-20-8-9-29(23,6)28(20,4)5)17-31-10-11-32-25-16-21-15-24(27(21,2)3)30(25,7)34/h12-13,20-21,23-25,31-34H,8-11,14-17H2,1-7H3/t20-,21+,23+,24+,25+,29+,30+/m0/s1. The molecule has 1 aromatic carbocycles. The van der Waals surface area contributed by atoms with Crippen LogP contribution in [0.5, 0.6) is 5.75 Å². The third-order valence-corrected chi connectivity index (χ3v) is 11.9. The molecule has 4 N–H and O–H groups in total. The fourth-order valence-corrected chi connectivity index (χ4v) is 8.98. The number of hydrogen-bond donors (Lipinski definition) is 4. The molecule has 0 amide bonds. The van der Waals surface area contributed by atoms with E-state index in [2.05, 4.69) is 64.3 Å². The molecule has 1 aromatic rings. The smallest absolute Gasteiger partial charge is 0.123 e. The van der Waals surface area contributed by atoms with Crippen LogP contribution in [0.2, 0.25) is 0 Å². The maximum absolute atomic E-state index is 11.3. The van der Waals surface area contributed by atoms with E-state index in [1.807, 2.05) is 6.92 Å². The molecule has 5 aliphatic rings. The van der Waals surface area contributed by atoms with Crippen molar-refractivity contribution in [1.29, 1.82) is 0 Å². The molecule has 0 aliphatic heterocycles. The monoisotopic (exact) mass is 468 g/mol. The van der Waals surface area contributed by atoms with Gasteiger partial charge in [-0.1, -0.05) is 52.3 Å². The average Bonchev–Trinajstić information content (AvgIpc) is 3.09. The molecule has 190 valence electrons.